The zero-order chi connectivity index (χ0) is 14.5. The van der Waals surface area contributed by atoms with Crippen LogP contribution in [0.15, 0.2) is 28.7 Å². The van der Waals surface area contributed by atoms with Crippen molar-refractivity contribution in [3.05, 3.63) is 35.6 Å². The number of rotatable bonds is 6. The molecule has 1 aromatic carbocycles. The second-order valence-corrected chi connectivity index (χ2v) is 4.46. The van der Waals surface area contributed by atoms with Gasteiger partial charge in [0, 0.05) is 18.1 Å². The maximum absolute atomic E-state index is 11.8. The molecule has 0 radical (unpaired) electrons. The van der Waals surface area contributed by atoms with Gasteiger partial charge in [-0.05, 0) is 13.0 Å². The summed E-state index contributed by atoms with van der Waals surface area (Å²) in [5.74, 6) is 4.88. The molecule has 108 valence electrons. The Morgan fingerprint density at radius 2 is 2.20 bits per heavy atom. The van der Waals surface area contributed by atoms with E-state index in [1.165, 1.54) is 0 Å². The van der Waals surface area contributed by atoms with Crippen LogP contribution in [-0.2, 0) is 16.1 Å². The number of fused-ring (bicyclic) bond motifs is 1. The third kappa shape index (κ3) is 2.98. The van der Waals surface area contributed by atoms with Gasteiger partial charge in [0.1, 0.15) is 5.58 Å². The number of nitrogens with two attached hydrogens (primary N) is 1. The third-order valence-electron chi connectivity index (χ3n) is 2.95. The summed E-state index contributed by atoms with van der Waals surface area (Å²) in [6.45, 7) is 2.63. The molecule has 0 fully saturated rings. The van der Waals surface area contributed by atoms with Crippen LogP contribution < -0.4 is 11.3 Å². The Hall–Kier alpha value is -1.89. The Morgan fingerprint density at radius 3 is 2.90 bits per heavy atom. The first-order valence-corrected chi connectivity index (χ1v) is 6.29. The van der Waals surface area contributed by atoms with E-state index < -0.39 is 5.91 Å². The maximum Gasteiger partial charge on any atom is 0.301 e. The molecular weight excluding hydrogens is 260 g/mol. The molecule has 0 spiro atoms. The van der Waals surface area contributed by atoms with Crippen LogP contribution in [0.25, 0.3) is 11.0 Å². The number of nitrogen functional groups attached to an aromatic ring is 1. The number of carbonyl (C=O) groups excluding carboxylic acids is 1. The first-order valence-electron chi connectivity index (χ1n) is 6.29. The minimum absolute atomic E-state index is 0.0811. The van der Waals surface area contributed by atoms with Gasteiger partial charge >= 0.3 is 5.91 Å². The summed E-state index contributed by atoms with van der Waals surface area (Å²) in [4.78, 5) is 11.8. The number of hydrogen-bond donors (Lipinski definition) is 2. The molecular formula is C14H18N2O4. The van der Waals surface area contributed by atoms with Crippen LogP contribution in [0.5, 0.6) is 0 Å². The highest BCUT2D eigenvalue weighted by atomic mass is 16.5. The van der Waals surface area contributed by atoms with Crippen LogP contribution in [0.1, 0.15) is 23.0 Å². The predicted molar refractivity (Wildman–Crippen MR) is 74.0 cm³/mol. The molecule has 0 bridgehead atoms. The second kappa shape index (κ2) is 6.51. The van der Waals surface area contributed by atoms with Gasteiger partial charge < -0.3 is 13.9 Å². The van der Waals surface area contributed by atoms with Crippen molar-refractivity contribution in [2.75, 3.05) is 13.7 Å². The molecule has 1 unspecified atom stereocenters. The molecule has 0 aliphatic rings. The number of amides is 1. The van der Waals surface area contributed by atoms with Crippen LogP contribution >= 0.6 is 0 Å². The highest BCUT2D eigenvalue weighted by Crippen LogP contribution is 2.26. The molecule has 0 saturated heterocycles. The lowest BCUT2D eigenvalue weighted by Crippen LogP contribution is -2.30. The smallest absolute Gasteiger partial charge is 0.301 e. The lowest BCUT2D eigenvalue weighted by atomic mass is 10.1. The summed E-state index contributed by atoms with van der Waals surface area (Å²) in [5, 5.41) is 0.843. The lowest BCUT2D eigenvalue weighted by Gasteiger charge is -2.11. The molecule has 3 N–H and O–H groups in total. The normalized spacial score (nSPS) is 12.6. The minimum Gasteiger partial charge on any atom is -0.450 e. The summed E-state index contributed by atoms with van der Waals surface area (Å²) < 4.78 is 16.2. The van der Waals surface area contributed by atoms with E-state index in [0.29, 0.717) is 17.8 Å². The monoisotopic (exact) mass is 278 g/mol. The largest absolute Gasteiger partial charge is 0.450 e. The van der Waals surface area contributed by atoms with Crippen molar-refractivity contribution >= 4 is 16.9 Å². The van der Waals surface area contributed by atoms with Crippen molar-refractivity contribution in [2.45, 2.75) is 19.6 Å². The van der Waals surface area contributed by atoms with Crippen molar-refractivity contribution < 1.29 is 18.7 Å². The molecule has 20 heavy (non-hydrogen) atoms. The van der Waals surface area contributed by atoms with Crippen LogP contribution in [-0.4, -0.2) is 25.7 Å². The maximum atomic E-state index is 11.8. The number of methoxy groups -OCH3 is 1. The van der Waals surface area contributed by atoms with Crippen molar-refractivity contribution in [1.82, 2.24) is 5.43 Å². The molecule has 0 aliphatic carbocycles. The van der Waals surface area contributed by atoms with E-state index in [1.54, 1.807) is 13.2 Å². The van der Waals surface area contributed by atoms with Crippen molar-refractivity contribution in [1.29, 1.82) is 0 Å². The summed E-state index contributed by atoms with van der Waals surface area (Å²) in [6, 6.07) is 7.40. The number of para-hydroxylation sites is 1. The van der Waals surface area contributed by atoms with Gasteiger partial charge in [-0.3, -0.25) is 10.2 Å². The van der Waals surface area contributed by atoms with Gasteiger partial charge in [0.2, 0.25) is 0 Å². The molecule has 1 atom stereocenters. The van der Waals surface area contributed by atoms with Gasteiger partial charge in [-0.2, -0.15) is 0 Å². The third-order valence-corrected chi connectivity index (χ3v) is 2.95. The topological polar surface area (TPSA) is 86.7 Å². The Balaban J connectivity index is 2.31. The highest BCUT2D eigenvalue weighted by Gasteiger charge is 2.20. The fourth-order valence-corrected chi connectivity index (χ4v) is 2.00. The molecule has 6 nitrogen and oxygen atoms in total. The quantitative estimate of drug-likeness (QED) is 0.476. The average molecular weight is 278 g/mol. The van der Waals surface area contributed by atoms with E-state index in [1.807, 2.05) is 25.1 Å². The minimum atomic E-state index is -0.473. The SMILES string of the molecule is COCC(C)OCc1c(C(=O)NN)oc2ccccc12. The van der Waals surface area contributed by atoms with Crippen molar-refractivity contribution in [3.63, 3.8) is 0 Å². The lowest BCUT2D eigenvalue weighted by molar-refractivity contribution is -0.000221. The number of nitrogens with one attached hydrogen (secondary N) is 1. The molecule has 0 aliphatic heterocycles. The first kappa shape index (κ1) is 14.5. The van der Waals surface area contributed by atoms with E-state index in [4.69, 9.17) is 19.7 Å². The number of hydrogen-bond acceptors (Lipinski definition) is 5. The molecule has 2 rings (SSSR count). The van der Waals surface area contributed by atoms with Gasteiger partial charge in [0.05, 0.1) is 19.3 Å². The van der Waals surface area contributed by atoms with Crippen molar-refractivity contribution in [3.8, 4) is 0 Å². The number of furan rings is 1. The summed E-state index contributed by atoms with van der Waals surface area (Å²) in [6.07, 6.45) is -0.0811. The predicted octanol–water partition coefficient (Wildman–Crippen LogP) is 1.59. The van der Waals surface area contributed by atoms with Gasteiger partial charge in [-0.15, -0.1) is 0 Å². The van der Waals surface area contributed by atoms with E-state index in [0.717, 1.165) is 5.39 Å². The zero-order valence-corrected chi connectivity index (χ0v) is 11.5. The number of carbonyl (C=O) groups is 1. The molecule has 1 aromatic heterocycles. The summed E-state index contributed by atoms with van der Waals surface area (Å²) in [7, 11) is 1.61. The van der Waals surface area contributed by atoms with Crippen LogP contribution in [0.4, 0.5) is 0 Å². The molecule has 0 saturated carbocycles. The Bertz CT molecular complexity index is 594. The highest BCUT2D eigenvalue weighted by molar-refractivity contribution is 5.98. The fraction of sp³-hybridized carbons (Fsp3) is 0.357. The van der Waals surface area contributed by atoms with E-state index >= 15 is 0 Å². The number of benzene rings is 1. The van der Waals surface area contributed by atoms with Crippen molar-refractivity contribution in [2.24, 2.45) is 5.84 Å². The van der Waals surface area contributed by atoms with E-state index in [9.17, 15) is 4.79 Å². The number of hydrazine groups is 1. The second-order valence-electron chi connectivity index (χ2n) is 4.46. The number of ether oxygens (including phenoxy) is 2. The van der Waals surface area contributed by atoms with Crippen LogP contribution in [0.2, 0.25) is 0 Å². The van der Waals surface area contributed by atoms with Gasteiger partial charge in [0.15, 0.2) is 5.76 Å². The molecule has 6 heteroatoms. The van der Waals surface area contributed by atoms with Gasteiger partial charge in [0.25, 0.3) is 0 Å². The van der Waals surface area contributed by atoms with Crippen LogP contribution in [0, 0.1) is 0 Å². The van der Waals surface area contributed by atoms with Gasteiger partial charge in [-0.1, -0.05) is 18.2 Å². The Kier molecular flexibility index (Phi) is 4.73. The molecule has 1 heterocycles. The van der Waals surface area contributed by atoms with E-state index in [-0.39, 0.29) is 18.5 Å². The zero-order valence-electron chi connectivity index (χ0n) is 11.5. The Morgan fingerprint density at radius 1 is 1.45 bits per heavy atom. The molecule has 1 amide bonds. The fourth-order valence-electron chi connectivity index (χ4n) is 2.00. The average Bonchev–Trinajstić information content (AvgIpc) is 2.83. The Labute approximate surface area is 116 Å². The summed E-state index contributed by atoms with van der Waals surface area (Å²) >= 11 is 0. The summed E-state index contributed by atoms with van der Waals surface area (Å²) in [5.41, 5.74) is 3.40. The molecule has 2 aromatic rings. The van der Waals surface area contributed by atoms with E-state index in [2.05, 4.69) is 5.43 Å². The van der Waals surface area contributed by atoms with Crippen LogP contribution in [0.3, 0.4) is 0 Å². The standard InChI is InChI=1S/C14H18N2O4/c1-9(7-18-2)19-8-11-10-5-3-4-6-12(10)20-13(11)14(17)16-15/h3-6,9H,7-8,15H2,1-2H3,(H,16,17). The first-order chi connectivity index (χ1) is 9.67. The van der Waals surface area contributed by atoms with Gasteiger partial charge in [-0.25, -0.2) is 5.84 Å².